The van der Waals surface area contributed by atoms with E-state index in [4.69, 9.17) is 4.74 Å². The van der Waals surface area contributed by atoms with Crippen molar-refractivity contribution in [1.82, 2.24) is 4.31 Å². The van der Waals surface area contributed by atoms with Crippen LogP contribution >= 0.6 is 15.9 Å². The highest BCUT2D eigenvalue weighted by molar-refractivity contribution is 9.10. The number of aryl methyl sites for hydroxylation is 1. The first kappa shape index (κ1) is 22.8. The Balaban J connectivity index is 1.96. The molecule has 154 valence electrons. The lowest BCUT2D eigenvalue weighted by atomic mass is 10.2. The molecule has 0 saturated heterocycles. The van der Waals surface area contributed by atoms with Crippen molar-refractivity contribution in [2.45, 2.75) is 11.8 Å². The van der Waals surface area contributed by atoms with Gasteiger partial charge in [0.2, 0.25) is 10.0 Å². The predicted octanol–water partition coefficient (Wildman–Crippen LogP) is 3.20. The number of nitrogens with one attached hydrogen (secondary N) is 1. The first-order valence-corrected chi connectivity index (χ1v) is 10.8. The van der Waals surface area contributed by atoms with Crippen LogP contribution in [0.15, 0.2) is 57.9 Å². The maximum Gasteiger partial charge on any atom is 0.331 e. The van der Waals surface area contributed by atoms with Gasteiger partial charge < -0.3 is 10.1 Å². The van der Waals surface area contributed by atoms with Crippen LogP contribution in [0.5, 0.6) is 0 Å². The van der Waals surface area contributed by atoms with Crippen molar-refractivity contribution in [2.24, 2.45) is 0 Å². The smallest absolute Gasteiger partial charge is 0.331 e. The van der Waals surface area contributed by atoms with Crippen molar-refractivity contribution >= 4 is 49.6 Å². The molecule has 29 heavy (non-hydrogen) atoms. The van der Waals surface area contributed by atoms with Crippen LogP contribution in [0.3, 0.4) is 0 Å². The molecule has 9 heteroatoms. The van der Waals surface area contributed by atoms with Crippen molar-refractivity contribution in [2.75, 3.05) is 26.0 Å². The van der Waals surface area contributed by atoms with E-state index >= 15 is 0 Å². The normalized spacial score (nSPS) is 11.6. The number of anilines is 1. The quantitative estimate of drug-likeness (QED) is 0.485. The molecule has 0 heterocycles. The van der Waals surface area contributed by atoms with E-state index in [9.17, 15) is 18.0 Å². The number of hydrogen-bond acceptors (Lipinski definition) is 5. The third-order valence-electron chi connectivity index (χ3n) is 3.84. The lowest BCUT2D eigenvalue weighted by molar-refractivity contribution is -0.142. The highest BCUT2D eigenvalue weighted by Gasteiger charge is 2.20. The molecule has 0 spiro atoms. The van der Waals surface area contributed by atoms with Crippen molar-refractivity contribution in [3.63, 3.8) is 0 Å². The predicted molar refractivity (Wildman–Crippen MR) is 115 cm³/mol. The van der Waals surface area contributed by atoms with E-state index in [2.05, 4.69) is 21.2 Å². The fraction of sp³-hybridized carbons (Fsp3) is 0.200. The summed E-state index contributed by atoms with van der Waals surface area (Å²) < 4.78 is 31.6. The molecule has 1 amide bonds. The molecule has 2 aromatic rings. The monoisotopic (exact) mass is 480 g/mol. The van der Waals surface area contributed by atoms with Crippen molar-refractivity contribution in [3.8, 4) is 0 Å². The number of sulfonamides is 1. The molecular formula is C20H21BrN2O5S. The van der Waals surface area contributed by atoms with Crippen molar-refractivity contribution in [3.05, 3.63) is 64.1 Å². The standard InChI is InChI=1S/C20H21BrN2O5S/c1-14-7-9-17(12-18(14)29(26,27)23(2)3)22-19(24)13-28-20(25)10-8-15-5-4-6-16(21)11-15/h4-12H,13H2,1-3H3,(H,22,24)/b10-8+. The van der Waals surface area contributed by atoms with Gasteiger partial charge in [-0.25, -0.2) is 17.5 Å². The molecule has 0 radical (unpaired) electrons. The molecule has 0 aliphatic heterocycles. The Morgan fingerprint density at radius 2 is 1.90 bits per heavy atom. The van der Waals surface area contributed by atoms with Gasteiger partial charge in [-0.05, 0) is 48.4 Å². The third kappa shape index (κ3) is 6.52. The number of esters is 1. The van der Waals surface area contributed by atoms with Crippen LogP contribution < -0.4 is 5.32 Å². The number of ether oxygens (including phenoxy) is 1. The van der Waals surface area contributed by atoms with Gasteiger partial charge in [-0.2, -0.15) is 0 Å². The molecule has 0 aromatic heterocycles. The topological polar surface area (TPSA) is 92.8 Å². The summed E-state index contributed by atoms with van der Waals surface area (Å²) in [6.07, 6.45) is 2.80. The van der Waals surface area contributed by atoms with E-state index in [-0.39, 0.29) is 4.90 Å². The summed E-state index contributed by atoms with van der Waals surface area (Å²) in [5.41, 5.74) is 1.65. The second-order valence-electron chi connectivity index (χ2n) is 6.31. The average Bonchev–Trinajstić information content (AvgIpc) is 2.66. The molecular weight excluding hydrogens is 460 g/mol. The van der Waals surface area contributed by atoms with Crippen LogP contribution in [0.4, 0.5) is 5.69 Å². The Morgan fingerprint density at radius 3 is 2.55 bits per heavy atom. The Morgan fingerprint density at radius 1 is 1.17 bits per heavy atom. The van der Waals surface area contributed by atoms with Crippen LogP contribution in [0.2, 0.25) is 0 Å². The number of halogens is 1. The van der Waals surface area contributed by atoms with E-state index < -0.39 is 28.5 Å². The van der Waals surface area contributed by atoms with Gasteiger partial charge in [0, 0.05) is 30.3 Å². The number of carbonyl (C=O) groups excluding carboxylic acids is 2. The number of hydrogen-bond donors (Lipinski definition) is 1. The van der Waals surface area contributed by atoms with Gasteiger partial charge in [-0.15, -0.1) is 0 Å². The first-order chi connectivity index (χ1) is 13.6. The molecule has 0 aliphatic rings. The molecule has 2 rings (SSSR count). The lowest BCUT2D eigenvalue weighted by Crippen LogP contribution is -2.24. The van der Waals surface area contributed by atoms with Crippen LogP contribution in [-0.4, -0.2) is 45.3 Å². The Hall–Kier alpha value is -2.49. The third-order valence-corrected chi connectivity index (χ3v) is 6.29. The Bertz CT molecular complexity index is 1050. The second kappa shape index (κ2) is 9.82. The lowest BCUT2D eigenvalue weighted by Gasteiger charge is -2.15. The van der Waals surface area contributed by atoms with Gasteiger partial charge in [-0.3, -0.25) is 4.79 Å². The zero-order valence-electron chi connectivity index (χ0n) is 16.2. The van der Waals surface area contributed by atoms with Crippen molar-refractivity contribution < 1.29 is 22.7 Å². The molecule has 0 saturated carbocycles. The summed E-state index contributed by atoms with van der Waals surface area (Å²) in [7, 11) is -0.781. The summed E-state index contributed by atoms with van der Waals surface area (Å²) in [5.74, 6) is -1.24. The fourth-order valence-corrected chi connectivity index (χ4v) is 3.87. The number of nitrogens with zero attached hydrogens (tertiary/aromatic N) is 1. The zero-order chi connectivity index (χ0) is 21.6. The maximum atomic E-state index is 12.3. The number of benzene rings is 2. The molecule has 7 nitrogen and oxygen atoms in total. The van der Waals surface area contributed by atoms with Crippen LogP contribution in [-0.2, 0) is 24.3 Å². The van der Waals surface area contributed by atoms with Gasteiger partial charge in [0.25, 0.3) is 5.91 Å². The van der Waals surface area contributed by atoms with E-state index in [0.717, 1.165) is 14.3 Å². The summed E-state index contributed by atoms with van der Waals surface area (Å²) in [6.45, 7) is 1.17. The first-order valence-electron chi connectivity index (χ1n) is 8.53. The SMILES string of the molecule is Cc1ccc(NC(=O)COC(=O)/C=C/c2cccc(Br)c2)cc1S(=O)(=O)N(C)C. The van der Waals surface area contributed by atoms with Gasteiger partial charge in [-0.1, -0.05) is 34.1 Å². The summed E-state index contributed by atoms with van der Waals surface area (Å²) >= 11 is 3.34. The van der Waals surface area contributed by atoms with E-state index in [1.807, 2.05) is 24.3 Å². The minimum absolute atomic E-state index is 0.0919. The van der Waals surface area contributed by atoms with Crippen LogP contribution in [0, 0.1) is 6.92 Å². The highest BCUT2D eigenvalue weighted by Crippen LogP contribution is 2.22. The van der Waals surface area contributed by atoms with Crippen LogP contribution in [0.25, 0.3) is 6.08 Å². The van der Waals surface area contributed by atoms with Crippen LogP contribution in [0.1, 0.15) is 11.1 Å². The van der Waals surface area contributed by atoms with E-state index in [0.29, 0.717) is 11.3 Å². The second-order valence-corrected chi connectivity index (χ2v) is 9.35. The highest BCUT2D eigenvalue weighted by atomic mass is 79.9. The number of rotatable bonds is 7. The fourth-order valence-electron chi connectivity index (χ4n) is 2.31. The maximum absolute atomic E-state index is 12.3. The van der Waals surface area contributed by atoms with Gasteiger partial charge in [0.05, 0.1) is 4.90 Å². The van der Waals surface area contributed by atoms with Gasteiger partial charge >= 0.3 is 5.97 Å². The number of carbonyl (C=O) groups is 2. The Kier molecular flexibility index (Phi) is 7.72. The molecule has 0 unspecified atom stereocenters. The summed E-state index contributed by atoms with van der Waals surface area (Å²) in [6, 6.07) is 11.9. The summed E-state index contributed by atoms with van der Waals surface area (Å²) in [5, 5.41) is 2.53. The molecule has 2 aromatic carbocycles. The van der Waals surface area contributed by atoms with E-state index in [1.165, 1.54) is 26.2 Å². The molecule has 1 N–H and O–H groups in total. The molecule has 0 fully saturated rings. The Labute approximate surface area is 178 Å². The molecule has 0 atom stereocenters. The minimum Gasteiger partial charge on any atom is -0.452 e. The van der Waals surface area contributed by atoms with Crippen molar-refractivity contribution in [1.29, 1.82) is 0 Å². The van der Waals surface area contributed by atoms with Gasteiger partial charge in [0.1, 0.15) is 0 Å². The molecule has 0 aliphatic carbocycles. The zero-order valence-corrected chi connectivity index (χ0v) is 18.6. The minimum atomic E-state index is -3.64. The number of amides is 1. The average molecular weight is 481 g/mol. The van der Waals surface area contributed by atoms with E-state index in [1.54, 1.807) is 25.1 Å². The van der Waals surface area contributed by atoms with Gasteiger partial charge in [0.15, 0.2) is 6.61 Å². The molecule has 0 bridgehead atoms. The largest absolute Gasteiger partial charge is 0.452 e. The summed E-state index contributed by atoms with van der Waals surface area (Å²) in [4.78, 5) is 23.9.